The van der Waals surface area contributed by atoms with Crippen LogP contribution in [0.5, 0.6) is 0 Å². The molecular weight excluding hydrogens is 571 g/mol. The van der Waals surface area contributed by atoms with Crippen molar-refractivity contribution in [2.75, 3.05) is 6.54 Å². The van der Waals surface area contributed by atoms with E-state index < -0.39 is 64.6 Å². The Balaban J connectivity index is 1.68. The van der Waals surface area contributed by atoms with Gasteiger partial charge in [0, 0.05) is 31.7 Å². The van der Waals surface area contributed by atoms with Gasteiger partial charge in [0.2, 0.25) is 22.8 Å². The quantitative estimate of drug-likeness (QED) is 0.353. The normalized spacial score (nSPS) is 23.8. The summed E-state index contributed by atoms with van der Waals surface area (Å²) >= 11 is 3.85. The van der Waals surface area contributed by atoms with Gasteiger partial charge in [-0.2, -0.15) is 0 Å². The van der Waals surface area contributed by atoms with Gasteiger partial charge >= 0.3 is 0 Å². The Kier molecular flexibility index (Phi) is 9.83. The van der Waals surface area contributed by atoms with Crippen LogP contribution in [0.4, 0.5) is 4.39 Å². The van der Waals surface area contributed by atoms with Crippen molar-refractivity contribution in [3.8, 4) is 0 Å². The number of rotatable bonds is 5. The zero-order valence-corrected chi connectivity index (χ0v) is 23.4. The third kappa shape index (κ3) is 7.66. The number of aliphatic imine (C=N–C) groups is 1. The molecule has 15 heteroatoms. The minimum Gasteiger partial charge on any atom is -0.361 e. The fraction of sp³-hybridized carbons (Fsp3) is 0.407. The van der Waals surface area contributed by atoms with Crippen molar-refractivity contribution < 1.29 is 37.7 Å². The molecule has 13 nitrogen and oxygen atoms in total. The van der Waals surface area contributed by atoms with Crippen LogP contribution >= 0.6 is 12.6 Å². The van der Waals surface area contributed by atoms with Gasteiger partial charge in [-0.3, -0.25) is 28.8 Å². The first kappa shape index (κ1) is 30.6. The zero-order valence-electron chi connectivity index (χ0n) is 22.5. The van der Waals surface area contributed by atoms with Gasteiger partial charge in [-0.25, -0.2) is 9.38 Å². The molecule has 4 rings (SSSR count). The van der Waals surface area contributed by atoms with Crippen LogP contribution < -0.4 is 16.0 Å². The third-order valence-electron chi connectivity index (χ3n) is 6.89. The summed E-state index contributed by atoms with van der Waals surface area (Å²) in [5.41, 5.74) is 0.334. The first-order chi connectivity index (χ1) is 20.0. The van der Waals surface area contributed by atoms with Crippen LogP contribution in [-0.2, 0) is 30.4 Å². The van der Waals surface area contributed by atoms with Crippen LogP contribution in [0.15, 0.2) is 39.8 Å². The van der Waals surface area contributed by atoms with E-state index in [9.17, 15) is 33.2 Å². The van der Waals surface area contributed by atoms with Crippen molar-refractivity contribution in [3.63, 3.8) is 0 Å². The summed E-state index contributed by atoms with van der Waals surface area (Å²) in [5.74, 6) is -3.79. The molecule has 1 fully saturated rings. The van der Waals surface area contributed by atoms with E-state index in [1.165, 1.54) is 35.2 Å². The molecule has 3 N–H and O–H groups in total. The SMILES string of the molecule is Cc1cc(C(=O)N[C@H]2C=NC(=O)[C@H]3CCCN3C(=O)CC[C@@H](C(=O)S)NC(=O)[C@H](Cc3ccc(F)cc3)NC2=O)no1. The maximum atomic E-state index is 13.5. The average molecular weight is 601 g/mol. The predicted molar refractivity (Wildman–Crippen MR) is 148 cm³/mol. The number of fused-ring (bicyclic) bond motifs is 1. The number of aryl methyl sites for hydroxylation is 1. The Morgan fingerprint density at radius 2 is 1.86 bits per heavy atom. The van der Waals surface area contributed by atoms with E-state index in [1.807, 2.05) is 0 Å². The summed E-state index contributed by atoms with van der Waals surface area (Å²) in [5, 5.41) is 10.4. The van der Waals surface area contributed by atoms with Gasteiger partial charge in [-0.15, -0.1) is 12.6 Å². The first-order valence-corrected chi connectivity index (χ1v) is 13.7. The smallest absolute Gasteiger partial charge is 0.274 e. The Hall–Kier alpha value is -4.40. The Bertz CT molecular complexity index is 1410. The van der Waals surface area contributed by atoms with Crippen LogP contribution in [0.3, 0.4) is 0 Å². The Morgan fingerprint density at radius 1 is 1.12 bits per heavy atom. The number of benzene rings is 1. The number of halogens is 1. The zero-order chi connectivity index (χ0) is 30.4. The number of aromatic nitrogens is 1. The summed E-state index contributed by atoms with van der Waals surface area (Å²) in [6.45, 7) is 1.86. The number of hydrogen-bond acceptors (Lipinski definition) is 8. The largest absolute Gasteiger partial charge is 0.361 e. The minimum atomic E-state index is -1.56. The molecule has 222 valence electrons. The third-order valence-corrected chi connectivity index (χ3v) is 7.20. The topological polar surface area (TPSA) is 180 Å². The molecule has 0 aliphatic carbocycles. The van der Waals surface area contributed by atoms with Gasteiger partial charge < -0.3 is 25.4 Å². The number of nitrogens with zero attached hydrogens (tertiary/aromatic N) is 3. The molecule has 1 aromatic heterocycles. The molecule has 0 spiro atoms. The van der Waals surface area contributed by atoms with Gasteiger partial charge in [0.15, 0.2) is 5.69 Å². The molecule has 2 aliphatic rings. The van der Waals surface area contributed by atoms with Crippen molar-refractivity contribution in [1.29, 1.82) is 0 Å². The number of hydrogen-bond donors (Lipinski definition) is 4. The highest BCUT2D eigenvalue weighted by atomic mass is 32.1. The molecule has 1 saturated heterocycles. The molecule has 2 aromatic rings. The lowest BCUT2D eigenvalue weighted by molar-refractivity contribution is -0.137. The number of carbonyl (C=O) groups excluding carboxylic acids is 6. The molecule has 5 amide bonds. The summed E-state index contributed by atoms with van der Waals surface area (Å²) in [7, 11) is 0. The van der Waals surface area contributed by atoms with E-state index in [0.717, 1.165) is 6.21 Å². The molecule has 0 radical (unpaired) electrons. The highest BCUT2D eigenvalue weighted by molar-refractivity contribution is 7.96. The van der Waals surface area contributed by atoms with E-state index >= 15 is 0 Å². The average Bonchev–Trinajstić information content (AvgIpc) is 3.62. The van der Waals surface area contributed by atoms with E-state index in [1.54, 1.807) is 6.92 Å². The minimum absolute atomic E-state index is 0.0966. The Labute approximate surface area is 245 Å². The maximum absolute atomic E-state index is 13.5. The van der Waals surface area contributed by atoms with Gasteiger partial charge in [0.05, 0.1) is 6.04 Å². The van der Waals surface area contributed by atoms with E-state index in [-0.39, 0.29) is 25.0 Å². The maximum Gasteiger partial charge on any atom is 0.274 e. The predicted octanol–water partition coefficient (Wildman–Crippen LogP) is 0.271. The van der Waals surface area contributed by atoms with Gasteiger partial charge in [0.25, 0.3) is 11.8 Å². The summed E-state index contributed by atoms with van der Waals surface area (Å²) < 4.78 is 18.4. The van der Waals surface area contributed by atoms with Crippen molar-refractivity contribution in [2.24, 2.45) is 4.99 Å². The fourth-order valence-corrected chi connectivity index (χ4v) is 4.88. The van der Waals surface area contributed by atoms with Gasteiger partial charge in [-0.05, 0) is 43.9 Å². The summed E-state index contributed by atoms with van der Waals surface area (Å²) in [6, 6.07) is 1.60. The molecule has 0 bridgehead atoms. The van der Waals surface area contributed by atoms with Crippen molar-refractivity contribution in [1.82, 2.24) is 26.0 Å². The highest BCUT2D eigenvalue weighted by Crippen LogP contribution is 2.21. The second-order valence-electron chi connectivity index (χ2n) is 9.97. The molecule has 3 heterocycles. The first-order valence-electron chi connectivity index (χ1n) is 13.2. The fourth-order valence-electron chi connectivity index (χ4n) is 4.68. The Morgan fingerprint density at radius 3 is 2.52 bits per heavy atom. The second-order valence-corrected chi connectivity index (χ2v) is 10.4. The molecule has 0 saturated carbocycles. The van der Waals surface area contributed by atoms with Crippen LogP contribution in [0, 0.1) is 12.7 Å². The number of thiol groups is 1. The van der Waals surface area contributed by atoms with Crippen LogP contribution in [0.25, 0.3) is 0 Å². The molecule has 42 heavy (non-hydrogen) atoms. The van der Waals surface area contributed by atoms with Crippen LogP contribution in [0.1, 0.15) is 47.5 Å². The summed E-state index contributed by atoms with van der Waals surface area (Å²) in [6.07, 6.45) is 1.43. The highest BCUT2D eigenvalue weighted by Gasteiger charge is 2.36. The van der Waals surface area contributed by atoms with Gasteiger partial charge in [0.1, 0.15) is 29.7 Å². The van der Waals surface area contributed by atoms with E-state index in [2.05, 4.69) is 38.7 Å². The van der Waals surface area contributed by atoms with E-state index in [0.29, 0.717) is 30.7 Å². The van der Waals surface area contributed by atoms with Crippen LogP contribution in [0.2, 0.25) is 0 Å². The lowest BCUT2D eigenvalue weighted by atomic mass is 10.0. The second kappa shape index (κ2) is 13.5. The summed E-state index contributed by atoms with van der Waals surface area (Å²) in [4.78, 5) is 83.2. The standard InChI is InChI=1S/C27H29FN6O7S/c1-14-11-19(33-41-14)24(37)32-20-13-29-26(39)21-3-2-10-34(21)22(35)9-8-17(27(40)42)30-23(36)18(31-25(20)38)12-15-4-6-16(28)7-5-15/h4-7,11,13,17-18,20-21H,2-3,8-10,12H2,1H3,(H,30,36)(H,31,38)(H,32,37)(H,40,42)/t17-,18-,20-,21+/m0/s1. The van der Waals surface area contributed by atoms with Crippen molar-refractivity contribution >= 4 is 53.5 Å². The van der Waals surface area contributed by atoms with E-state index in [4.69, 9.17) is 4.52 Å². The lowest BCUT2D eigenvalue weighted by Crippen LogP contribution is -2.56. The molecule has 2 aliphatic heterocycles. The van der Waals surface area contributed by atoms with Crippen LogP contribution in [-0.4, -0.2) is 81.6 Å². The lowest BCUT2D eigenvalue weighted by Gasteiger charge is -2.24. The molecule has 0 unspecified atom stereocenters. The molecule has 4 atom stereocenters. The van der Waals surface area contributed by atoms with Crippen molar-refractivity contribution in [2.45, 2.75) is 63.2 Å². The molecular formula is C27H29FN6O7S. The van der Waals surface area contributed by atoms with Gasteiger partial charge in [-0.1, -0.05) is 17.3 Å². The van der Waals surface area contributed by atoms with Crippen molar-refractivity contribution in [3.05, 3.63) is 53.2 Å². The number of carbonyl (C=O) groups is 6. The monoisotopic (exact) mass is 600 g/mol. The number of nitrogens with one attached hydrogen (secondary N) is 3. The molecule has 1 aromatic carbocycles. The number of amides is 5.